The number of halogens is 1. The highest BCUT2D eigenvalue weighted by Gasteiger charge is 2.28. The van der Waals surface area contributed by atoms with Crippen LogP contribution in [0.15, 0.2) is 48.5 Å². The molecule has 6 nitrogen and oxygen atoms in total. The number of amides is 4. The summed E-state index contributed by atoms with van der Waals surface area (Å²) in [7, 11) is 0. The van der Waals surface area contributed by atoms with E-state index in [1.807, 2.05) is 0 Å². The number of rotatable bonds is 6. The first-order chi connectivity index (χ1) is 12.5. The number of nitrogens with zero attached hydrogens (tertiary/aromatic N) is 1. The van der Waals surface area contributed by atoms with E-state index < -0.39 is 6.03 Å². The van der Waals surface area contributed by atoms with E-state index in [2.05, 4.69) is 10.6 Å². The van der Waals surface area contributed by atoms with Crippen LogP contribution in [0.25, 0.3) is 0 Å². The van der Waals surface area contributed by atoms with Crippen LogP contribution in [0.3, 0.4) is 0 Å². The molecule has 0 spiro atoms. The maximum atomic E-state index is 12.9. The maximum absolute atomic E-state index is 12.9. The van der Waals surface area contributed by atoms with Crippen LogP contribution in [0, 0.1) is 5.82 Å². The Hall–Kier alpha value is -3.22. The number of benzene rings is 2. The minimum Gasteiger partial charge on any atom is -0.352 e. The zero-order valence-corrected chi connectivity index (χ0v) is 14.0. The normalized spacial score (nSPS) is 13.7. The number of nitrogens with one attached hydrogen (secondary N) is 2. The van der Waals surface area contributed by atoms with Gasteiger partial charge in [-0.3, -0.25) is 14.5 Å². The molecule has 1 saturated heterocycles. The van der Waals surface area contributed by atoms with E-state index in [0.29, 0.717) is 24.1 Å². The van der Waals surface area contributed by atoms with Crippen molar-refractivity contribution in [2.45, 2.75) is 13.0 Å². The van der Waals surface area contributed by atoms with Gasteiger partial charge in [0.1, 0.15) is 5.82 Å². The molecule has 2 aromatic carbocycles. The molecule has 3 rings (SSSR count). The second-order valence-electron chi connectivity index (χ2n) is 5.97. The largest absolute Gasteiger partial charge is 0.352 e. The summed E-state index contributed by atoms with van der Waals surface area (Å²) in [6.45, 7) is 0.547. The van der Waals surface area contributed by atoms with Gasteiger partial charge in [-0.15, -0.1) is 0 Å². The summed E-state index contributed by atoms with van der Waals surface area (Å²) in [4.78, 5) is 36.6. The predicted molar refractivity (Wildman–Crippen MR) is 92.8 cm³/mol. The predicted octanol–water partition coefficient (Wildman–Crippen LogP) is 1.85. The van der Waals surface area contributed by atoms with Crippen molar-refractivity contribution >= 4 is 17.8 Å². The zero-order valence-electron chi connectivity index (χ0n) is 14.0. The molecule has 0 bridgehead atoms. The molecule has 0 aliphatic carbocycles. The molecule has 2 N–H and O–H groups in total. The lowest BCUT2D eigenvalue weighted by atomic mass is 10.1. The fraction of sp³-hybridized carbons (Fsp3) is 0.211. The Morgan fingerprint density at radius 3 is 2.58 bits per heavy atom. The van der Waals surface area contributed by atoms with Gasteiger partial charge in [0, 0.05) is 12.1 Å². The highest BCUT2D eigenvalue weighted by Crippen LogP contribution is 2.11. The van der Waals surface area contributed by atoms with Crippen LogP contribution in [-0.4, -0.2) is 35.8 Å². The molecule has 134 valence electrons. The molecule has 1 fully saturated rings. The summed E-state index contributed by atoms with van der Waals surface area (Å²) in [5, 5.41) is 5.27. The van der Waals surface area contributed by atoms with Gasteiger partial charge < -0.3 is 10.6 Å². The maximum Gasteiger partial charge on any atom is 0.324 e. The summed E-state index contributed by atoms with van der Waals surface area (Å²) in [5.41, 5.74) is 2.08. The van der Waals surface area contributed by atoms with Crippen LogP contribution in [0.1, 0.15) is 21.5 Å². The Kier molecular flexibility index (Phi) is 5.26. The fourth-order valence-corrected chi connectivity index (χ4v) is 2.68. The van der Waals surface area contributed by atoms with Crippen LogP contribution in [0.2, 0.25) is 0 Å². The third kappa shape index (κ3) is 4.24. The topological polar surface area (TPSA) is 78.5 Å². The molecule has 0 atom stereocenters. The standard InChI is InChI=1S/C19H18FN3O3/c20-16-6-4-13(5-7-16)8-9-21-18(25)15-3-1-2-14(10-15)12-23-17(24)11-22-19(23)26/h1-7,10H,8-9,11-12H2,(H,21,25)(H,22,26). The zero-order chi connectivity index (χ0) is 18.5. The Morgan fingerprint density at radius 1 is 1.12 bits per heavy atom. The van der Waals surface area contributed by atoms with Crippen molar-refractivity contribution in [1.82, 2.24) is 15.5 Å². The lowest BCUT2D eigenvalue weighted by Gasteiger charge is -2.13. The minimum atomic E-state index is -0.427. The molecule has 1 aliphatic rings. The number of carbonyl (C=O) groups is 3. The Balaban J connectivity index is 1.56. The van der Waals surface area contributed by atoms with Gasteiger partial charge >= 0.3 is 6.03 Å². The number of urea groups is 1. The summed E-state index contributed by atoms with van der Waals surface area (Å²) in [6, 6.07) is 12.5. The van der Waals surface area contributed by atoms with Crippen molar-refractivity contribution in [1.29, 1.82) is 0 Å². The van der Waals surface area contributed by atoms with Crippen LogP contribution in [0.5, 0.6) is 0 Å². The first-order valence-electron chi connectivity index (χ1n) is 8.23. The molecule has 2 aromatic rings. The number of hydrogen-bond acceptors (Lipinski definition) is 3. The van der Waals surface area contributed by atoms with Gasteiger partial charge in [-0.2, -0.15) is 0 Å². The highest BCUT2D eigenvalue weighted by molar-refractivity contribution is 6.02. The van der Waals surface area contributed by atoms with E-state index in [4.69, 9.17) is 0 Å². The van der Waals surface area contributed by atoms with Crippen LogP contribution in [0.4, 0.5) is 9.18 Å². The Labute approximate surface area is 150 Å². The number of carbonyl (C=O) groups excluding carboxylic acids is 3. The van der Waals surface area contributed by atoms with E-state index in [1.165, 1.54) is 12.1 Å². The van der Waals surface area contributed by atoms with Crippen molar-refractivity contribution in [3.8, 4) is 0 Å². The third-order valence-electron chi connectivity index (χ3n) is 4.08. The molecule has 7 heteroatoms. The molecule has 1 aliphatic heterocycles. The van der Waals surface area contributed by atoms with Crippen molar-refractivity contribution < 1.29 is 18.8 Å². The second kappa shape index (κ2) is 7.77. The summed E-state index contributed by atoms with van der Waals surface area (Å²) < 4.78 is 12.9. The molecule has 1 heterocycles. The van der Waals surface area contributed by atoms with Crippen LogP contribution < -0.4 is 10.6 Å². The SMILES string of the molecule is O=C(NCCc1ccc(F)cc1)c1cccc(CN2C(=O)CNC2=O)c1. The summed E-state index contributed by atoms with van der Waals surface area (Å²) in [6.07, 6.45) is 0.591. The Morgan fingerprint density at radius 2 is 1.88 bits per heavy atom. The molecule has 0 radical (unpaired) electrons. The number of imide groups is 1. The smallest absolute Gasteiger partial charge is 0.324 e. The van der Waals surface area contributed by atoms with E-state index in [0.717, 1.165) is 10.5 Å². The molecule has 0 saturated carbocycles. The van der Waals surface area contributed by atoms with Gasteiger partial charge in [-0.1, -0.05) is 24.3 Å². The lowest BCUT2D eigenvalue weighted by Crippen LogP contribution is -2.30. The second-order valence-corrected chi connectivity index (χ2v) is 5.97. The highest BCUT2D eigenvalue weighted by atomic mass is 19.1. The van der Waals surface area contributed by atoms with Crippen molar-refractivity contribution in [3.63, 3.8) is 0 Å². The molecular weight excluding hydrogens is 337 g/mol. The van der Waals surface area contributed by atoms with Gasteiger partial charge in [-0.25, -0.2) is 9.18 Å². The first kappa shape index (κ1) is 17.6. The van der Waals surface area contributed by atoms with Gasteiger partial charge in [0.25, 0.3) is 5.91 Å². The monoisotopic (exact) mass is 355 g/mol. The van der Waals surface area contributed by atoms with Gasteiger partial charge in [0.15, 0.2) is 0 Å². The van der Waals surface area contributed by atoms with Crippen molar-refractivity contribution in [3.05, 3.63) is 71.0 Å². The van der Waals surface area contributed by atoms with Gasteiger partial charge in [0.2, 0.25) is 5.91 Å². The van der Waals surface area contributed by atoms with Crippen LogP contribution in [-0.2, 0) is 17.8 Å². The van der Waals surface area contributed by atoms with E-state index in [1.54, 1.807) is 36.4 Å². The molecule has 0 aromatic heterocycles. The third-order valence-corrected chi connectivity index (χ3v) is 4.08. The average Bonchev–Trinajstić information content (AvgIpc) is 2.95. The van der Waals surface area contributed by atoms with E-state index >= 15 is 0 Å². The summed E-state index contributed by atoms with van der Waals surface area (Å²) >= 11 is 0. The average molecular weight is 355 g/mol. The minimum absolute atomic E-state index is 0.00238. The van der Waals surface area contributed by atoms with Crippen LogP contribution >= 0.6 is 0 Å². The molecule has 26 heavy (non-hydrogen) atoms. The Bertz CT molecular complexity index is 820. The van der Waals surface area contributed by atoms with Crippen molar-refractivity contribution in [2.24, 2.45) is 0 Å². The molecular formula is C19H18FN3O3. The summed E-state index contributed by atoms with van der Waals surface area (Å²) in [5.74, 6) is -0.824. The lowest BCUT2D eigenvalue weighted by molar-refractivity contribution is -0.125. The van der Waals surface area contributed by atoms with E-state index in [9.17, 15) is 18.8 Å². The van der Waals surface area contributed by atoms with Crippen molar-refractivity contribution in [2.75, 3.05) is 13.1 Å². The van der Waals surface area contributed by atoms with Gasteiger partial charge in [0.05, 0.1) is 13.1 Å². The fourth-order valence-electron chi connectivity index (χ4n) is 2.68. The van der Waals surface area contributed by atoms with Gasteiger partial charge in [-0.05, 0) is 41.8 Å². The van der Waals surface area contributed by atoms with E-state index in [-0.39, 0.29) is 30.7 Å². The first-order valence-corrected chi connectivity index (χ1v) is 8.23. The molecule has 0 unspecified atom stereocenters. The quantitative estimate of drug-likeness (QED) is 0.776. The molecule has 4 amide bonds. The number of hydrogen-bond donors (Lipinski definition) is 2.